The zero-order chi connectivity index (χ0) is 51.8. The number of fused-ring (bicyclic) bond motifs is 1. The third-order valence-corrected chi connectivity index (χ3v) is 13.5. The molecule has 29 nitrogen and oxygen atoms in total. The average molecular weight is 1100 g/mol. The molecule has 378 valence electrons. The summed E-state index contributed by atoms with van der Waals surface area (Å²) in [7, 11) is -23.4. The van der Waals surface area contributed by atoms with Crippen LogP contribution in [0.4, 0.5) is 52.0 Å². The fraction of sp³-hybridized carbons (Fsp3) is 0.139. The Morgan fingerprint density at radius 2 is 1.18 bits per heavy atom. The second-order valence-electron chi connectivity index (χ2n) is 14.0. The lowest BCUT2D eigenvalue weighted by Gasteiger charge is -2.15. The predicted octanol–water partition coefficient (Wildman–Crippen LogP) is 6.47. The van der Waals surface area contributed by atoms with Crippen molar-refractivity contribution in [3.05, 3.63) is 91.0 Å². The van der Waals surface area contributed by atoms with Gasteiger partial charge in [-0.15, -0.1) is 9.45 Å². The van der Waals surface area contributed by atoms with Crippen LogP contribution in [0.25, 0.3) is 10.8 Å². The summed E-state index contributed by atoms with van der Waals surface area (Å²) in [4.78, 5) is 10.8. The zero-order valence-electron chi connectivity index (χ0n) is 35.3. The van der Waals surface area contributed by atoms with Gasteiger partial charge < -0.3 is 20.7 Å². The number of benzene rings is 5. The summed E-state index contributed by atoms with van der Waals surface area (Å²) in [6, 6.07) is 18.8. The van der Waals surface area contributed by atoms with Gasteiger partial charge in [-0.3, -0.25) is 22.8 Å². The van der Waals surface area contributed by atoms with E-state index in [9.17, 15) is 64.9 Å². The molecule has 0 saturated carbocycles. The van der Waals surface area contributed by atoms with E-state index in [2.05, 4.69) is 60.7 Å². The number of aromatic nitrogens is 3. The van der Waals surface area contributed by atoms with Gasteiger partial charge in [-0.25, -0.2) is 5.26 Å². The first kappa shape index (κ1) is 53.9. The van der Waals surface area contributed by atoms with Gasteiger partial charge in [0.25, 0.3) is 50.6 Å². The molecule has 5 aromatic carbocycles. The average Bonchev–Trinajstić information content (AvgIpc) is 3.27. The lowest BCUT2D eigenvalue weighted by atomic mass is 10.1. The number of azo groups is 2. The maximum Gasteiger partial charge on any atom is 0.296 e. The van der Waals surface area contributed by atoms with E-state index in [1.165, 1.54) is 66.7 Å². The molecule has 35 heteroatoms. The summed E-state index contributed by atoms with van der Waals surface area (Å²) in [5.41, 5.74) is 0.414. The van der Waals surface area contributed by atoms with Crippen LogP contribution >= 0.6 is 12.0 Å². The van der Waals surface area contributed by atoms with Gasteiger partial charge in [0.2, 0.25) is 17.8 Å². The Bertz CT molecular complexity index is 3610. The monoisotopic (exact) mass is 1100 g/mol. The standard InChI is InChI=1S/C36H34N10O19S6/c47-64-65-66-26-9-11-32(70(57,58)59)30(19-26)46-45-25-8-10-29(31(18-25)63-13-1-14-67(48,49)50)39-36-41-34(37-12-15-68(51,52)53)40-35(42-36)38-22-4-6-23(7-5-22)43-44-24-3-2-21-16-27(69(54,55)56)20-33(28(21)17-24)71(60,61)62/h2-11,16-20,47H,1,12-15H2,(H,48,49,50)(H,51,52,53)(H,54,55,56)(H,57,58,59)(H,60,61,62)(H3,37,38,39,40,41,42). The molecule has 0 unspecified atom stereocenters. The third kappa shape index (κ3) is 16.3. The minimum atomic E-state index is -4.97. The highest BCUT2D eigenvalue weighted by Crippen LogP contribution is 2.36. The van der Waals surface area contributed by atoms with E-state index in [0.717, 1.165) is 18.2 Å². The number of hydrogen-bond acceptors (Lipinski definition) is 25. The number of ether oxygens (including phenoxy) is 1. The highest BCUT2D eigenvalue weighted by molar-refractivity contribution is 7.94. The van der Waals surface area contributed by atoms with E-state index in [4.69, 9.17) is 9.99 Å². The van der Waals surface area contributed by atoms with E-state index in [1.807, 2.05) is 0 Å². The van der Waals surface area contributed by atoms with Crippen molar-refractivity contribution < 1.29 is 84.2 Å². The number of nitrogens with zero attached hydrogens (tertiary/aromatic N) is 7. The van der Waals surface area contributed by atoms with E-state index >= 15 is 0 Å². The molecule has 0 amide bonds. The summed E-state index contributed by atoms with van der Waals surface area (Å²) in [6.45, 7) is -0.666. The Labute approximate surface area is 406 Å². The van der Waals surface area contributed by atoms with Crippen LogP contribution in [0.3, 0.4) is 0 Å². The second kappa shape index (κ2) is 22.3. The minimum absolute atomic E-state index is 0.00332. The molecule has 0 saturated heterocycles. The molecule has 0 aliphatic rings. The molecule has 0 spiro atoms. The van der Waals surface area contributed by atoms with E-state index in [1.54, 1.807) is 0 Å². The SMILES string of the molecule is O=S(=O)(O)CCCOc1cc(N=Nc2cc(SOOO)ccc2S(=O)(=O)O)ccc1Nc1nc(NCCS(=O)(=O)O)nc(Nc2ccc(N=Nc3ccc4cc(S(=O)(=O)O)cc(S(=O)(=O)O)c4c3)cc2)n1. The van der Waals surface area contributed by atoms with Crippen molar-refractivity contribution in [1.82, 2.24) is 15.0 Å². The first-order valence-corrected chi connectivity index (χ1v) is 27.4. The smallest absolute Gasteiger partial charge is 0.296 e. The number of nitrogens with one attached hydrogen (secondary N) is 3. The molecular formula is C36H34N10O19S6. The largest absolute Gasteiger partial charge is 0.491 e. The van der Waals surface area contributed by atoms with Crippen LogP contribution in [0.1, 0.15) is 6.42 Å². The summed E-state index contributed by atoms with van der Waals surface area (Å²) < 4.78 is 175. The maximum absolute atomic E-state index is 12.1. The van der Waals surface area contributed by atoms with E-state index in [-0.39, 0.29) is 87.3 Å². The molecule has 6 aromatic rings. The molecule has 0 atom stereocenters. The van der Waals surface area contributed by atoms with Crippen molar-refractivity contribution in [2.75, 3.05) is 40.6 Å². The van der Waals surface area contributed by atoms with Gasteiger partial charge in [0.15, 0.2) is 0 Å². The molecule has 6 rings (SSSR count). The molecule has 0 aliphatic heterocycles. The summed E-state index contributed by atoms with van der Waals surface area (Å²) in [5, 5.41) is 36.5. The highest BCUT2D eigenvalue weighted by atomic mass is 32.2. The topological polar surface area (TPSA) is 444 Å². The molecule has 0 bridgehead atoms. The lowest BCUT2D eigenvalue weighted by Crippen LogP contribution is -2.17. The van der Waals surface area contributed by atoms with Gasteiger partial charge in [0.1, 0.15) is 21.2 Å². The van der Waals surface area contributed by atoms with Gasteiger partial charge in [0, 0.05) is 28.6 Å². The van der Waals surface area contributed by atoms with Crippen molar-refractivity contribution in [2.45, 2.75) is 26.0 Å². The Balaban J connectivity index is 1.28. The van der Waals surface area contributed by atoms with Crippen molar-refractivity contribution in [3.8, 4) is 5.75 Å². The normalized spacial score (nSPS) is 12.7. The maximum atomic E-state index is 12.1. The number of rotatable bonds is 23. The van der Waals surface area contributed by atoms with Crippen molar-refractivity contribution >= 4 is 125 Å². The van der Waals surface area contributed by atoms with Gasteiger partial charge in [-0.2, -0.15) is 72.4 Å². The van der Waals surface area contributed by atoms with Crippen LogP contribution in [-0.2, 0) is 60.0 Å². The molecule has 71 heavy (non-hydrogen) atoms. The van der Waals surface area contributed by atoms with Gasteiger partial charge in [-0.05, 0) is 90.7 Å². The first-order valence-electron chi connectivity index (χ1n) is 19.2. The van der Waals surface area contributed by atoms with Gasteiger partial charge in [0.05, 0.1) is 57.8 Å². The fourth-order valence-corrected chi connectivity index (χ4v) is 8.96. The minimum Gasteiger partial charge on any atom is -0.491 e. The summed E-state index contributed by atoms with van der Waals surface area (Å²) in [6.07, 6.45) is -0.197. The molecular weight excluding hydrogens is 1070 g/mol. The van der Waals surface area contributed by atoms with Crippen molar-refractivity contribution in [3.63, 3.8) is 0 Å². The number of anilines is 5. The van der Waals surface area contributed by atoms with Crippen LogP contribution < -0.4 is 20.7 Å². The van der Waals surface area contributed by atoms with Gasteiger partial charge in [-0.1, -0.05) is 11.1 Å². The molecule has 0 aliphatic carbocycles. The molecule has 1 heterocycles. The van der Waals surface area contributed by atoms with Gasteiger partial charge >= 0.3 is 0 Å². The first-order chi connectivity index (χ1) is 33.2. The lowest BCUT2D eigenvalue weighted by molar-refractivity contribution is -0.432. The Morgan fingerprint density at radius 3 is 1.83 bits per heavy atom. The quantitative estimate of drug-likeness (QED) is 0.00828. The summed E-state index contributed by atoms with van der Waals surface area (Å²) in [5.74, 6) is -2.06. The molecule has 0 fully saturated rings. The number of hydrogen-bond donors (Lipinski definition) is 9. The third-order valence-electron chi connectivity index (χ3n) is 8.79. The van der Waals surface area contributed by atoms with Crippen LogP contribution in [0.5, 0.6) is 5.75 Å². The van der Waals surface area contributed by atoms with Crippen molar-refractivity contribution in [2.24, 2.45) is 20.5 Å². The van der Waals surface area contributed by atoms with E-state index < -0.39 is 76.8 Å². The zero-order valence-corrected chi connectivity index (χ0v) is 40.2. The Hall–Kier alpha value is -6.45. The Morgan fingerprint density at radius 1 is 0.577 bits per heavy atom. The molecule has 9 N–H and O–H groups in total. The second-order valence-corrected chi connectivity index (χ2v) is 22.1. The highest BCUT2D eigenvalue weighted by Gasteiger charge is 2.22. The Kier molecular flexibility index (Phi) is 16.9. The van der Waals surface area contributed by atoms with Crippen molar-refractivity contribution in [1.29, 1.82) is 0 Å². The molecule has 1 aromatic heterocycles. The summed E-state index contributed by atoms with van der Waals surface area (Å²) >= 11 is 0.460. The van der Waals surface area contributed by atoms with Crippen LogP contribution in [0.2, 0.25) is 0 Å². The van der Waals surface area contributed by atoms with E-state index in [0.29, 0.717) is 23.8 Å². The van der Waals surface area contributed by atoms with Crippen LogP contribution in [0, 0.1) is 0 Å². The van der Waals surface area contributed by atoms with Crippen LogP contribution in [-0.4, -0.2) is 110 Å². The molecule has 0 radical (unpaired) electrons. The van der Waals surface area contributed by atoms with Crippen LogP contribution in [0.15, 0.2) is 131 Å². The fourth-order valence-electron chi connectivity index (χ4n) is 5.78. The predicted molar refractivity (Wildman–Crippen MR) is 250 cm³/mol.